The molecule has 1 aliphatic carbocycles. The molecular weight excluding hydrogens is 475 g/mol. The van der Waals surface area contributed by atoms with Crippen LogP contribution in [0.4, 0.5) is 20.8 Å². The van der Waals surface area contributed by atoms with E-state index in [1.165, 1.54) is 12.1 Å². The Morgan fingerprint density at radius 3 is 2.68 bits per heavy atom. The fraction of sp³-hybridized carbons (Fsp3) is 0.444. The molecule has 2 aromatic heterocycles. The molecule has 10 heteroatoms. The van der Waals surface area contributed by atoms with Crippen molar-refractivity contribution in [1.82, 2.24) is 19.4 Å². The van der Waals surface area contributed by atoms with Crippen molar-refractivity contribution >= 4 is 28.8 Å². The molecule has 3 aromatic rings. The van der Waals surface area contributed by atoms with Crippen molar-refractivity contribution in [1.29, 1.82) is 5.26 Å². The number of hydrogen-bond acceptors (Lipinski definition) is 7. The van der Waals surface area contributed by atoms with Crippen LogP contribution in [-0.2, 0) is 17.7 Å². The lowest BCUT2D eigenvalue weighted by Crippen LogP contribution is -2.39. The molecule has 1 N–H and O–H groups in total. The molecule has 0 radical (unpaired) electrons. The third kappa shape index (κ3) is 4.99. The number of fused-ring (bicyclic) bond motifs is 2. The van der Waals surface area contributed by atoms with Gasteiger partial charge in [-0.15, -0.1) is 0 Å². The lowest BCUT2D eigenvalue weighted by Gasteiger charge is -2.31. The molecule has 9 nitrogen and oxygen atoms in total. The number of carbonyl (C=O) groups excluding carboxylic acids is 1. The highest BCUT2D eigenvalue weighted by Crippen LogP contribution is 2.32. The quantitative estimate of drug-likeness (QED) is 0.537. The summed E-state index contributed by atoms with van der Waals surface area (Å²) in [6, 6.07) is 6.59. The number of hydrogen-bond donors (Lipinski definition) is 1. The van der Waals surface area contributed by atoms with Gasteiger partial charge >= 0.3 is 6.09 Å². The van der Waals surface area contributed by atoms with Crippen LogP contribution in [-0.4, -0.2) is 37.7 Å². The van der Waals surface area contributed by atoms with Crippen LogP contribution in [0.5, 0.6) is 0 Å². The minimum Gasteiger partial charge on any atom is -0.444 e. The third-order valence-corrected chi connectivity index (χ3v) is 6.78. The van der Waals surface area contributed by atoms with Crippen LogP contribution in [0, 0.1) is 17.1 Å². The van der Waals surface area contributed by atoms with Crippen LogP contribution in [0.2, 0.25) is 0 Å². The summed E-state index contributed by atoms with van der Waals surface area (Å²) in [5.41, 5.74) is 1.39. The zero-order valence-corrected chi connectivity index (χ0v) is 21.2. The van der Waals surface area contributed by atoms with Crippen LogP contribution in [0.15, 0.2) is 29.2 Å². The Balaban J connectivity index is 1.44. The summed E-state index contributed by atoms with van der Waals surface area (Å²) in [6.07, 6.45) is 5.39. The molecule has 1 aliphatic heterocycles. The van der Waals surface area contributed by atoms with Gasteiger partial charge in [0, 0.05) is 30.7 Å². The van der Waals surface area contributed by atoms with Gasteiger partial charge in [-0.05, 0) is 69.4 Å². The van der Waals surface area contributed by atoms with Crippen LogP contribution in [0.25, 0.3) is 11.0 Å². The Hall–Kier alpha value is -4.00. The van der Waals surface area contributed by atoms with Gasteiger partial charge < -0.3 is 15.0 Å². The Bertz CT molecular complexity index is 1480. The highest BCUT2D eigenvalue weighted by Gasteiger charge is 2.27. The smallest absolute Gasteiger partial charge is 0.410 e. The van der Waals surface area contributed by atoms with E-state index >= 15 is 4.39 Å². The first-order valence-corrected chi connectivity index (χ1v) is 12.5. The lowest BCUT2D eigenvalue weighted by atomic mass is 9.99. The van der Waals surface area contributed by atoms with Crippen LogP contribution in [0.1, 0.15) is 69.2 Å². The summed E-state index contributed by atoms with van der Waals surface area (Å²) in [5, 5.41) is 13.0. The molecular formula is C27H29FN6O3. The summed E-state index contributed by atoms with van der Waals surface area (Å²) in [6.45, 7) is 6.16. The van der Waals surface area contributed by atoms with Gasteiger partial charge in [-0.1, -0.05) is 12.8 Å². The SMILES string of the molecule is CC(C)(C)OC(=O)N1CCc2cc(Nc3ncc4cc(C#N)c(=O)n(C5CCCC5)c4n3)c(F)cc2C1. The van der Waals surface area contributed by atoms with Gasteiger partial charge in [-0.25, -0.2) is 14.2 Å². The van der Waals surface area contributed by atoms with Crippen molar-refractivity contribution in [3.05, 3.63) is 57.3 Å². The molecule has 0 atom stereocenters. The minimum absolute atomic E-state index is 0.0283. The fourth-order valence-corrected chi connectivity index (χ4v) is 5.04. The van der Waals surface area contributed by atoms with Gasteiger partial charge in [0.25, 0.3) is 5.56 Å². The van der Waals surface area contributed by atoms with E-state index in [-0.39, 0.29) is 35.3 Å². The molecule has 0 spiro atoms. The first kappa shape index (κ1) is 24.7. The van der Waals surface area contributed by atoms with Crippen molar-refractivity contribution in [2.24, 2.45) is 0 Å². The van der Waals surface area contributed by atoms with E-state index in [4.69, 9.17) is 4.74 Å². The van der Waals surface area contributed by atoms with E-state index in [2.05, 4.69) is 15.3 Å². The van der Waals surface area contributed by atoms with E-state index in [0.29, 0.717) is 24.0 Å². The fourth-order valence-electron chi connectivity index (χ4n) is 5.04. The minimum atomic E-state index is -0.602. The van der Waals surface area contributed by atoms with Gasteiger partial charge in [0.2, 0.25) is 5.95 Å². The molecule has 1 fully saturated rings. The Labute approximate surface area is 213 Å². The average molecular weight is 505 g/mol. The molecule has 37 heavy (non-hydrogen) atoms. The van der Waals surface area contributed by atoms with Gasteiger partial charge in [-0.3, -0.25) is 9.36 Å². The molecule has 0 unspecified atom stereocenters. The maximum atomic E-state index is 15.1. The third-order valence-electron chi connectivity index (χ3n) is 6.78. The second-order valence-corrected chi connectivity index (χ2v) is 10.6. The Morgan fingerprint density at radius 1 is 1.22 bits per heavy atom. The number of halogens is 1. The molecule has 5 rings (SSSR count). The van der Waals surface area contributed by atoms with E-state index in [9.17, 15) is 14.9 Å². The van der Waals surface area contributed by atoms with Crippen molar-refractivity contribution in [3.8, 4) is 6.07 Å². The Kier molecular flexibility index (Phi) is 6.31. The lowest BCUT2D eigenvalue weighted by molar-refractivity contribution is 0.0223. The topological polar surface area (TPSA) is 113 Å². The molecule has 0 bridgehead atoms. The summed E-state index contributed by atoms with van der Waals surface area (Å²) < 4.78 is 22.2. The molecule has 192 valence electrons. The predicted octanol–water partition coefficient (Wildman–Crippen LogP) is 4.95. The van der Waals surface area contributed by atoms with Crippen molar-refractivity contribution in [2.45, 2.75) is 71.1 Å². The molecule has 3 heterocycles. The van der Waals surface area contributed by atoms with Gasteiger partial charge in [-0.2, -0.15) is 10.2 Å². The molecule has 1 saturated carbocycles. The standard InChI is InChI=1S/C27H29FN6O3/c1-27(2,3)37-26(36)33-9-8-16-12-22(21(28)11-19(16)15-33)31-25-30-14-18-10-17(13-29)24(35)34(23(18)32-25)20-6-4-5-7-20/h10-12,14,20H,4-9,15H2,1-3H3,(H,30,31,32). The van der Waals surface area contributed by atoms with E-state index in [0.717, 1.165) is 36.8 Å². The van der Waals surface area contributed by atoms with Crippen LogP contribution >= 0.6 is 0 Å². The number of anilines is 2. The highest BCUT2D eigenvalue weighted by molar-refractivity contribution is 5.77. The summed E-state index contributed by atoms with van der Waals surface area (Å²) in [4.78, 5) is 35.9. The van der Waals surface area contributed by atoms with Crippen molar-refractivity contribution < 1.29 is 13.9 Å². The van der Waals surface area contributed by atoms with E-state index < -0.39 is 17.5 Å². The number of nitrogens with zero attached hydrogens (tertiary/aromatic N) is 5. The molecule has 0 saturated heterocycles. The zero-order chi connectivity index (χ0) is 26.3. The maximum Gasteiger partial charge on any atom is 0.410 e. The number of nitrogens with one attached hydrogen (secondary N) is 1. The maximum absolute atomic E-state index is 15.1. The second-order valence-electron chi connectivity index (χ2n) is 10.6. The second kappa shape index (κ2) is 9.47. The zero-order valence-electron chi connectivity index (χ0n) is 21.2. The van der Waals surface area contributed by atoms with Gasteiger partial charge in [0.15, 0.2) is 0 Å². The first-order chi connectivity index (χ1) is 17.6. The van der Waals surface area contributed by atoms with E-state index in [1.54, 1.807) is 21.7 Å². The Morgan fingerprint density at radius 2 is 1.97 bits per heavy atom. The number of ether oxygens (including phenoxy) is 1. The molecule has 1 aromatic carbocycles. The summed E-state index contributed by atoms with van der Waals surface area (Å²) >= 11 is 0. The number of rotatable bonds is 3. The predicted molar refractivity (Wildman–Crippen MR) is 136 cm³/mol. The monoisotopic (exact) mass is 504 g/mol. The van der Waals surface area contributed by atoms with Gasteiger partial charge in [0.05, 0.1) is 5.69 Å². The van der Waals surface area contributed by atoms with Crippen LogP contribution < -0.4 is 10.9 Å². The summed E-state index contributed by atoms with van der Waals surface area (Å²) in [5.74, 6) is -0.338. The van der Waals surface area contributed by atoms with Crippen molar-refractivity contribution in [2.75, 3.05) is 11.9 Å². The molecule has 1 amide bonds. The average Bonchev–Trinajstić information content (AvgIpc) is 3.37. The number of nitriles is 1. The highest BCUT2D eigenvalue weighted by atomic mass is 19.1. The van der Waals surface area contributed by atoms with Crippen molar-refractivity contribution in [3.63, 3.8) is 0 Å². The number of aromatic nitrogens is 3. The number of benzene rings is 1. The molecule has 2 aliphatic rings. The summed E-state index contributed by atoms with van der Waals surface area (Å²) in [7, 11) is 0. The number of pyridine rings is 1. The largest absolute Gasteiger partial charge is 0.444 e. The number of carbonyl (C=O) groups is 1. The van der Waals surface area contributed by atoms with Crippen LogP contribution in [0.3, 0.4) is 0 Å². The normalized spacial score (nSPS) is 15.9. The van der Waals surface area contributed by atoms with Gasteiger partial charge in [0.1, 0.15) is 28.7 Å². The van der Waals surface area contributed by atoms with E-state index in [1.807, 2.05) is 26.8 Å². The first-order valence-electron chi connectivity index (χ1n) is 12.5. The number of amides is 1.